The smallest absolute Gasteiger partial charge is 0.165 e. The van der Waals surface area contributed by atoms with E-state index in [0.717, 1.165) is 50.9 Å². The van der Waals surface area contributed by atoms with Crippen LogP contribution in [-0.4, -0.2) is 51.3 Å². The lowest BCUT2D eigenvalue weighted by Crippen LogP contribution is -2.36. The first-order valence-corrected chi connectivity index (χ1v) is 8.01. The Hall–Kier alpha value is -1.01. The SMILES string of the molecule is CCCCn1nnnc1CN(CC)CC1CCNCC1. The summed E-state index contributed by atoms with van der Waals surface area (Å²) in [5.74, 6) is 1.82. The maximum absolute atomic E-state index is 4.20. The number of hydrogen-bond acceptors (Lipinski definition) is 5. The number of tetrazole rings is 1. The molecule has 0 saturated carbocycles. The summed E-state index contributed by atoms with van der Waals surface area (Å²) in [5.41, 5.74) is 0. The summed E-state index contributed by atoms with van der Waals surface area (Å²) in [4.78, 5) is 2.48. The summed E-state index contributed by atoms with van der Waals surface area (Å²) in [6.07, 6.45) is 4.89. The first kappa shape index (κ1) is 15.4. The van der Waals surface area contributed by atoms with Crippen LogP contribution >= 0.6 is 0 Å². The molecule has 20 heavy (non-hydrogen) atoms. The van der Waals surface area contributed by atoms with Crippen molar-refractivity contribution in [3.63, 3.8) is 0 Å². The van der Waals surface area contributed by atoms with E-state index in [-0.39, 0.29) is 0 Å². The van der Waals surface area contributed by atoms with Crippen LogP contribution in [0.5, 0.6) is 0 Å². The highest BCUT2D eigenvalue weighted by molar-refractivity contribution is 4.82. The van der Waals surface area contributed by atoms with E-state index < -0.39 is 0 Å². The average Bonchev–Trinajstić information content (AvgIpc) is 2.92. The van der Waals surface area contributed by atoms with Crippen LogP contribution in [0.2, 0.25) is 0 Å². The van der Waals surface area contributed by atoms with E-state index in [1.807, 2.05) is 4.68 Å². The Balaban J connectivity index is 1.86. The standard InChI is InChI=1S/C14H28N6/c1-3-5-10-20-14(16-17-18-20)12-19(4-2)11-13-6-8-15-9-7-13/h13,15H,3-12H2,1-2H3. The van der Waals surface area contributed by atoms with Crippen LogP contribution in [-0.2, 0) is 13.1 Å². The van der Waals surface area contributed by atoms with Crippen LogP contribution in [0.1, 0.15) is 45.4 Å². The fraction of sp³-hybridized carbons (Fsp3) is 0.929. The third kappa shape index (κ3) is 4.52. The van der Waals surface area contributed by atoms with E-state index in [4.69, 9.17) is 0 Å². The molecule has 6 heteroatoms. The molecule has 0 aromatic carbocycles. The molecule has 1 saturated heterocycles. The maximum atomic E-state index is 4.20. The second kappa shape index (κ2) is 8.32. The van der Waals surface area contributed by atoms with Gasteiger partial charge in [-0.1, -0.05) is 20.3 Å². The second-order valence-corrected chi connectivity index (χ2v) is 5.69. The number of aromatic nitrogens is 4. The lowest BCUT2D eigenvalue weighted by Gasteiger charge is -2.28. The molecule has 1 fully saturated rings. The predicted molar refractivity (Wildman–Crippen MR) is 79.3 cm³/mol. The predicted octanol–water partition coefficient (Wildman–Crippen LogP) is 1.29. The Kier molecular flexibility index (Phi) is 6.39. The number of nitrogens with one attached hydrogen (secondary N) is 1. The number of piperidine rings is 1. The zero-order valence-corrected chi connectivity index (χ0v) is 12.9. The third-order valence-electron chi connectivity index (χ3n) is 4.12. The Morgan fingerprint density at radius 3 is 2.80 bits per heavy atom. The maximum Gasteiger partial charge on any atom is 0.165 e. The Bertz CT molecular complexity index is 371. The van der Waals surface area contributed by atoms with Gasteiger partial charge in [0.2, 0.25) is 0 Å². The quantitative estimate of drug-likeness (QED) is 0.777. The molecule has 1 aromatic rings. The van der Waals surface area contributed by atoms with Gasteiger partial charge in [-0.25, -0.2) is 4.68 Å². The lowest BCUT2D eigenvalue weighted by atomic mass is 9.97. The summed E-state index contributed by atoms with van der Waals surface area (Å²) < 4.78 is 1.97. The van der Waals surface area contributed by atoms with E-state index in [9.17, 15) is 0 Å². The molecule has 2 heterocycles. The minimum atomic E-state index is 0.816. The van der Waals surface area contributed by atoms with E-state index in [1.54, 1.807) is 0 Å². The normalized spacial score (nSPS) is 16.9. The van der Waals surface area contributed by atoms with Crippen molar-refractivity contribution in [2.45, 2.75) is 52.6 Å². The number of hydrogen-bond donors (Lipinski definition) is 1. The van der Waals surface area contributed by atoms with Crippen molar-refractivity contribution in [1.82, 2.24) is 30.4 Å². The number of unbranched alkanes of at least 4 members (excludes halogenated alkanes) is 1. The van der Waals surface area contributed by atoms with Crippen molar-refractivity contribution in [3.8, 4) is 0 Å². The van der Waals surface area contributed by atoms with Crippen molar-refractivity contribution < 1.29 is 0 Å². The molecule has 2 rings (SSSR count). The summed E-state index contributed by atoms with van der Waals surface area (Å²) >= 11 is 0. The fourth-order valence-electron chi connectivity index (χ4n) is 2.75. The van der Waals surface area contributed by atoms with Gasteiger partial charge in [0.15, 0.2) is 5.82 Å². The largest absolute Gasteiger partial charge is 0.317 e. The molecule has 0 atom stereocenters. The van der Waals surface area contributed by atoms with Gasteiger partial charge in [0.05, 0.1) is 6.54 Å². The van der Waals surface area contributed by atoms with Crippen LogP contribution in [0.3, 0.4) is 0 Å². The fourth-order valence-corrected chi connectivity index (χ4v) is 2.75. The summed E-state index contributed by atoms with van der Waals surface area (Å²) in [6.45, 7) is 10.8. The molecule has 0 aliphatic carbocycles. The highest BCUT2D eigenvalue weighted by atomic mass is 15.5. The molecule has 1 aliphatic rings. The Morgan fingerprint density at radius 2 is 2.10 bits per heavy atom. The van der Waals surface area contributed by atoms with E-state index in [1.165, 1.54) is 25.8 Å². The molecule has 0 spiro atoms. The van der Waals surface area contributed by atoms with Crippen molar-refractivity contribution in [2.75, 3.05) is 26.2 Å². The van der Waals surface area contributed by atoms with Gasteiger partial charge >= 0.3 is 0 Å². The average molecular weight is 280 g/mol. The van der Waals surface area contributed by atoms with Crippen LogP contribution in [0.25, 0.3) is 0 Å². The van der Waals surface area contributed by atoms with Crippen LogP contribution in [0.15, 0.2) is 0 Å². The molecule has 1 aromatic heterocycles. The van der Waals surface area contributed by atoms with E-state index in [2.05, 4.69) is 39.6 Å². The molecule has 0 radical (unpaired) electrons. The first-order valence-electron chi connectivity index (χ1n) is 8.01. The van der Waals surface area contributed by atoms with Gasteiger partial charge in [-0.3, -0.25) is 4.90 Å². The van der Waals surface area contributed by atoms with Crippen molar-refractivity contribution in [2.24, 2.45) is 5.92 Å². The summed E-state index contributed by atoms with van der Waals surface area (Å²) in [5, 5.41) is 15.6. The molecule has 0 unspecified atom stereocenters. The van der Waals surface area contributed by atoms with Crippen LogP contribution in [0.4, 0.5) is 0 Å². The van der Waals surface area contributed by atoms with Gasteiger partial charge < -0.3 is 5.32 Å². The van der Waals surface area contributed by atoms with E-state index >= 15 is 0 Å². The van der Waals surface area contributed by atoms with E-state index in [0.29, 0.717) is 0 Å². The van der Waals surface area contributed by atoms with Crippen LogP contribution in [0, 0.1) is 5.92 Å². The molecule has 1 N–H and O–H groups in total. The van der Waals surface area contributed by atoms with Crippen molar-refractivity contribution in [1.29, 1.82) is 0 Å². The van der Waals surface area contributed by atoms with Crippen LogP contribution < -0.4 is 5.32 Å². The Morgan fingerprint density at radius 1 is 1.30 bits per heavy atom. The monoisotopic (exact) mass is 280 g/mol. The van der Waals surface area contributed by atoms with Gasteiger partial charge in [-0.15, -0.1) is 5.10 Å². The zero-order chi connectivity index (χ0) is 14.2. The van der Waals surface area contributed by atoms with Gasteiger partial charge in [-0.2, -0.15) is 0 Å². The summed E-state index contributed by atoms with van der Waals surface area (Å²) in [7, 11) is 0. The molecule has 0 amide bonds. The number of aryl methyl sites for hydroxylation is 1. The molecule has 0 bridgehead atoms. The molecular weight excluding hydrogens is 252 g/mol. The minimum absolute atomic E-state index is 0.816. The lowest BCUT2D eigenvalue weighted by molar-refractivity contribution is 0.200. The molecular formula is C14H28N6. The third-order valence-corrected chi connectivity index (χ3v) is 4.12. The highest BCUT2D eigenvalue weighted by Crippen LogP contribution is 2.14. The van der Waals surface area contributed by atoms with Gasteiger partial charge in [0.25, 0.3) is 0 Å². The molecule has 6 nitrogen and oxygen atoms in total. The first-order chi connectivity index (χ1) is 9.83. The van der Waals surface area contributed by atoms with Gasteiger partial charge in [-0.05, 0) is 55.2 Å². The minimum Gasteiger partial charge on any atom is -0.317 e. The van der Waals surface area contributed by atoms with Gasteiger partial charge in [0.1, 0.15) is 0 Å². The van der Waals surface area contributed by atoms with Crippen molar-refractivity contribution >= 4 is 0 Å². The van der Waals surface area contributed by atoms with Crippen molar-refractivity contribution in [3.05, 3.63) is 5.82 Å². The second-order valence-electron chi connectivity index (χ2n) is 5.69. The molecule has 1 aliphatic heterocycles. The number of nitrogens with zero attached hydrogens (tertiary/aromatic N) is 5. The number of rotatable bonds is 8. The Labute approximate surface area is 121 Å². The zero-order valence-electron chi connectivity index (χ0n) is 12.9. The topological polar surface area (TPSA) is 58.9 Å². The van der Waals surface area contributed by atoms with Gasteiger partial charge in [0, 0.05) is 13.1 Å². The molecule has 114 valence electrons. The summed E-state index contributed by atoms with van der Waals surface area (Å²) in [6, 6.07) is 0. The highest BCUT2D eigenvalue weighted by Gasteiger charge is 2.18.